The standard InChI is InChI=1S/C17H27ClN2S/c1-13(2)10-19-11-14-5-6-15(18)9-16(14)20-7-8-21-17(3,4)12-20/h5-6,9,13,19H,7-8,10-12H2,1-4H3. The van der Waals surface area contributed by atoms with Gasteiger partial charge in [-0.1, -0.05) is 31.5 Å². The molecular formula is C17H27ClN2S. The molecule has 21 heavy (non-hydrogen) atoms. The summed E-state index contributed by atoms with van der Waals surface area (Å²) in [7, 11) is 0. The molecule has 1 aromatic carbocycles. The average Bonchev–Trinajstić information content (AvgIpc) is 2.39. The van der Waals surface area contributed by atoms with Crippen molar-refractivity contribution in [3.05, 3.63) is 28.8 Å². The second-order valence-corrected chi connectivity index (χ2v) is 9.07. The highest BCUT2D eigenvalue weighted by molar-refractivity contribution is 8.00. The molecule has 1 fully saturated rings. The highest BCUT2D eigenvalue weighted by Crippen LogP contribution is 2.34. The van der Waals surface area contributed by atoms with Crippen LogP contribution in [0.5, 0.6) is 0 Å². The highest BCUT2D eigenvalue weighted by Gasteiger charge is 2.28. The molecule has 1 heterocycles. The third-order valence-corrected chi connectivity index (χ3v) is 5.21. The lowest BCUT2D eigenvalue weighted by Gasteiger charge is -2.40. The van der Waals surface area contributed by atoms with Gasteiger partial charge in [-0.2, -0.15) is 11.8 Å². The first-order chi connectivity index (χ1) is 9.87. The molecule has 2 nitrogen and oxygen atoms in total. The molecule has 4 heteroatoms. The van der Waals surface area contributed by atoms with Crippen molar-refractivity contribution in [3.8, 4) is 0 Å². The summed E-state index contributed by atoms with van der Waals surface area (Å²) in [5.41, 5.74) is 2.65. The fraction of sp³-hybridized carbons (Fsp3) is 0.647. The summed E-state index contributed by atoms with van der Waals surface area (Å²) in [4.78, 5) is 2.49. The van der Waals surface area contributed by atoms with Crippen LogP contribution in [-0.2, 0) is 6.54 Å². The number of hydrogen-bond acceptors (Lipinski definition) is 3. The maximum atomic E-state index is 6.24. The number of halogens is 1. The van der Waals surface area contributed by atoms with E-state index in [-0.39, 0.29) is 0 Å². The minimum absolute atomic E-state index is 0.309. The van der Waals surface area contributed by atoms with E-state index in [0.717, 1.165) is 31.2 Å². The molecule has 1 aliphatic rings. The van der Waals surface area contributed by atoms with Crippen molar-refractivity contribution in [3.63, 3.8) is 0 Å². The highest BCUT2D eigenvalue weighted by atomic mass is 35.5. The Morgan fingerprint density at radius 3 is 2.81 bits per heavy atom. The van der Waals surface area contributed by atoms with E-state index in [1.165, 1.54) is 17.0 Å². The molecule has 0 bridgehead atoms. The van der Waals surface area contributed by atoms with Gasteiger partial charge in [-0.3, -0.25) is 0 Å². The van der Waals surface area contributed by atoms with Gasteiger partial charge in [0.1, 0.15) is 0 Å². The van der Waals surface area contributed by atoms with Crippen molar-refractivity contribution >= 4 is 29.1 Å². The largest absolute Gasteiger partial charge is 0.369 e. The smallest absolute Gasteiger partial charge is 0.0427 e. The number of rotatable bonds is 5. The minimum atomic E-state index is 0.309. The zero-order valence-electron chi connectivity index (χ0n) is 13.6. The van der Waals surface area contributed by atoms with Gasteiger partial charge in [0.25, 0.3) is 0 Å². The van der Waals surface area contributed by atoms with E-state index in [9.17, 15) is 0 Å². The molecule has 0 unspecified atom stereocenters. The number of hydrogen-bond donors (Lipinski definition) is 1. The molecule has 0 aromatic heterocycles. The van der Waals surface area contributed by atoms with Crippen molar-refractivity contribution in [2.45, 2.75) is 39.0 Å². The Kier molecular flexibility index (Phi) is 5.87. The molecule has 0 spiro atoms. The van der Waals surface area contributed by atoms with Crippen molar-refractivity contribution in [1.82, 2.24) is 5.32 Å². The minimum Gasteiger partial charge on any atom is -0.369 e. The van der Waals surface area contributed by atoms with E-state index in [2.05, 4.69) is 61.8 Å². The number of benzene rings is 1. The fourth-order valence-corrected chi connectivity index (χ4v) is 3.98. The second-order valence-electron chi connectivity index (χ2n) is 6.83. The van der Waals surface area contributed by atoms with Crippen LogP contribution in [0, 0.1) is 5.92 Å². The van der Waals surface area contributed by atoms with Crippen molar-refractivity contribution < 1.29 is 0 Å². The monoisotopic (exact) mass is 326 g/mol. The zero-order valence-corrected chi connectivity index (χ0v) is 15.2. The Hall–Kier alpha value is -0.380. The van der Waals surface area contributed by atoms with Crippen LogP contribution in [0.15, 0.2) is 18.2 Å². The van der Waals surface area contributed by atoms with Gasteiger partial charge in [0.2, 0.25) is 0 Å². The molecule has 1 saturated heterocycles. The number of nitrogens with one attached hydrogen (secondary N) is 1. The molecule has 0 saturated carbocycles. The number of anilines is 1. The van der Waals surface area contributed by atoms with E-state index in [1.807, 2.05) is 6.07 Å². The van der Waals surface area contributed by atoms with Crippen LogP contribution in [-0.4, -0.2) is 30.1 Å². The Balaban J connectivity index is 2.14. The van der Waals surface area contributed by atoms with Crippen LogP contribution in [0.2, 0.25) is 5.02 Å². The molecule has 1 aromatic rings. The number of nitrogens with zero attached hydrogens (tertiary/aromatic N) is 1. The quantitative estimate of drug-likeness (QED) is 0.862. The summed E-state index contributed by atoms with van der Waals surface area (Å²) in [5.74, 6) is 1.85. The molecule has 0 radical (unpaired) electrons. The normalized spacial score (nSPS) is 18.3. The first-order valence-electron chi connectivity index (χ1n) is 7.75. The first kappa shape index (κ1) is 17.0. The lowest BCUT2D eigenvalue weighted by molar-refractivity contribution is 0.551. The Bertz CT molecular complexity index is 474. The maximum Gasteiger partial charge on any atom is 0.0427 e. The van der Waals surface area contributed by atoms with Gasteiger partial charge in [0.15, 0.2) is 0 Å². The van der Waals surface area contributed by atoms with Crippen molar-refractivity contribution in [1.29, 1.82) is 0 Å². The van der Waals surface area contributed by atoms with Gasteiger partial charge in [0, 0.05) is 40.8 Å². The molecule has 2 rings (SSSR count). The van der Waals surface area contributed by atoms with Gasteiger partial charge < -0.3 is 10.2 Å². The van der Waals surface area contributed by atoms with Gasteiger partial charge in [-0.25, -0.2) is 0 Å². The lowest BCUT2D eigenvalue weighted by Crippen LogP contribution is -2.43. The third-order valence-electron chi connectivity index (χ3n) is 3.68. The topological polar surface area (TPSA) is 15.3 Å². The summed E-state index contributed by atoms with van der Waals surface area (Å²) in [5, 5.41) is 4.37. The van der Waals surface area contributed by atoms with E-state index < -0.39 is 0 Å². The average molecular weight is 327 g/mol. The Morgan fingerprint density at radius 1 is 1.38 bits per heavy atom. The third kappa shape index (κ3) is 5.08. The summed E-state index contributed by atoms with van der Waals surface area (Å²) >= 11 is 8.30. The van der Waals surface area contributed by atoms with Crippen LogP contribution in [0.25, 0.3) is 0 Å². The fourth-order valence-electron chi connectivity index (χ4n) is 2.70. The number of thioether (sulfide) groups is 1. The van der Waals surface area contributed by atoms with Crippen LogP contribution in [0.3, 0.4) is 0 Å². The Labute approximate surface area is 138 Å². The van der Waals surface area contributed by atoms with Crippen LogP contribution in [0.1, 0.15) is 33.3 Å². The first-order valence-corrected chi connectivity index (χ1v) is 9.12. The van der Waals surface area contributed by atoms with E-state index in [1.54, 1.807) is 0 Å². The molecule has 0 amide bonds. The van der Waals surface area contributed by atoms with Crippen LogP contribution in [0.4, 0.5) is 5.69 Å². The van der Waals surface area contributed by atoms with Gasteiger partial charge >= 0.3 is 0 Å². The molecule has 0 atom stereocenters. The van der Waals surface area contributed by atoms with Crippen LogP contribution >= 0.6 is 23.4 Å². The van der Waals surface area contributed by atoms with Crippen LogP contribution < -0.4 is 10.2 Å². The SMILES string of the molecule is CC(C)CNCc1ccc(Cl)cc1N1CCSC(C)(C)C1. The summed E-state index contributed by atoms with van der Waals surface area (Å²) in [6, 6.07) is 6.29. The predicted octanol–water partition coefficient (Wildman–Crippen LogP) is 4.42. The van der Waals surface area contributed by atoms with E-state index in [0.29, 0.717) is 10.7 Å². The second kappa shape index (κ2) is 7.26. The molecule has 1 N–H and O–H groups in total. The van der Waals surface area contributed by atoms with Gasteiger partial charge in [-0.05, 0) is 44.0 Å². The van der Waals surface area contributed by atoms with Crippen molar-refractivity contribution in [2.75, 3.05) is 30.3 Å². The van der Waals surface area contributed by atoms with E-state index in [4.69, 9.17) is 11.6 Å². The maximum absolute atomic E-state index is 6.24. The molecule has 118 valence electrons. The summed E-state index contributed by atoms with van der Waals surface area (Å²) < 4.78 is 0.309. The summed E-state index contributed by atoms with van der Waals surface area (Å²) in [6.07, 6.45) is 0. The van der Waals surface area contributed by atoms with Gasteiger partial charge in [0.05, 0.1) is 0 Å². The lowest BCUT2D eigenvalue weighted by atomic mass is 10.1. The van der Waals surface area contributed by atoms with E-state index >= 15 is 0 Å². The molecular weight excluding hydrogens is 300 g/mol. The molecule has 0 aliphatic carbocycles. The molecule has 1 aliphatic heterocycles. The predicted molar refractivity (Wildman–Crippen MR) is 96.7 cm³/mol. The Morgan fingerprint density at radius 2 is 2.14 bits per heavy atom. The van der Waals surface area contributed by atoms with Crippen molar-refractivity contribution in [2.24, 2.45) is 5.92 Å². The van der Waals surface area contributed by atoms with Gasteiger partial charge in [-0.15, -0.1) is 0 Å². The zero-order chi connectivity index (χ0) is 15.5. The summed E-state index contributed by atoms with van der Waals surface area (Å²) in [6.45, 7) is 13.3.